The zero-order chi connectivity index (χ0) is 14.3. The molecule has 3 rings (SSSR count). The molecule has 3 nitrogen and oxygen atoms in total. The van der Waals surface area contributed by atoms with E-state index in [1.54, 1.807) is 20.0 Å². The molecule has 20 heavy (non-hydrogen) atoms. The lowest BCUT2D eigenvalue weighted by atomic mass is 10.1. The van der Waals surface area contributed by atoms with E-state index in [-0.39, 0.29) is 0 Å². The van der Waals surface area contributed by atoms with Crippen LogP contribution in [0.25, 0.3) is 21.6 Å². The molecular weight excluding hydrogens is 308 g/mol. The number of benzene rings is 1. The van der Waals surface area contributed by atoms with Crippen LogP contribution >= 0.6 is 34.9 Å². The molecule has 0 fully saturated rings. The molecule has 0 unspecified atom stereocenters. The summed E-state index contributed by atoms with van der Waals surface area (Å²) in [6.07, 6.45) is 1.74. The summed E-state index contributed by atoms with van der Waals surface area (Å²) in [5.74, 6) is 0. The molecule has 0 amide bonds. The van der Waals surface area contributed by atoms with E-state index in [4.69, 9.17) is 12.2 Å². The lowest BCUT2D eigenvalue weighted by Gasteiger charge is -2.16. The first kappa shape index (κ1) is 13.8. The van der Waals surface area contributed by atoms with E-state index in [1.807, 2.05) is 24.3 Å². The van der Waals surface area contributed by atoms with Crippen LogP contribution in [0.2, 0.25) is 0 Å². The Hall–Kier alpha value is -1.21. The molecule has 0 atom stereocenters. The average Bonchev–Trinajstić information content (AvgIpc) is 2.80. The first-order valence-corrected chi connectivity index (χ1v) is 8.08. The van der Waals surface area contributed by atoms with Gasteiger partial charge in [-0.3, -0.25) is 4.98 Å². The molecule has 0 bridgehead atoms. The van der Waals surface area contributed by atoms with Gasteiger partial charge in [0.1, 0.15) is 8.83 Å². The van der Waals surface area contributed by atoms with Crippen LogP contribution in [0.5, 0.6) is 0 Å². The van der Waals surface area contributed by atoms with Gasteiger partial charge in [-0.2, -0.15) is 0 Å². The molecule has 0 spiro atoms. The lowest BCUT2D eigenvalue weighted by molar-refractivity contribution is 0.0832. The fraction of sp³-hybridized carbons (Fsp3) is 0.214. The Morgan fingerprint density at radius 2 is 1.85 bits per heavy atom. The maximum atomic E-state index is 10.3. The van der Waals surface area contributed by atoms with Gasteiger partial charge in [0, 0.05) is 0 Å². The first-order chi connectivity index (χ1) is 9.45. The maximum absolute atomic E-state index is 10.3. The summed E-state index contributed by atoms with van der Waals surface area (Å²) in [5, 5.41) is 10.3. The SMILES string of the molecule is CC(C)(O)c1sc(=S)sc1-c1cnc2ccccc2n1. The van der Waals surface area contributed by atoms with Crippen LogP contribution in [0.1, 0.15) is 18.7 Å². The van der Waals surface area contributed by atoms with Crippen molar-refractivity contribution in [1.82, 2.24) is 9.97 Å². The van der Waals surface area contributed by atoms with E-state index in [0.717, 1.165) is 29.6 Å². The van der Waals surface area contributed by atoms with Gasteiger partial charge in [0.25, 0.3) is 0 Å². The van der Waals surface area contributed by atoms with Crippen molar-refractivity contribution in [3.8, 4) is 10.6 Å². The van der Waals surface area contributed by atoms with Crippen LogP contribution in [-0.2, 0) is 5.60 Å². The van der Waals surface area contributed by atoms with Crippen LogP contribution in [0.4, 0.5) is 0 Å². The molecule has 2 aromatic heterocycles. The minimum absolute atomic E-state index is 0.762. The fourth-order valence-corrected chi connectivity index (χ4v) is 4.66. The molecule has 0 aliphatic rings. The topological polar surface area (TPSA) is 46.0 Å². The summed E-state index contributed by atoms with van der Waals surface area (Å²) in [6, 6.07) is 7.74. The van der Waals surface area contributed by atoms with Gasteiger partial charge in [0.05, 0.1) is 32.6 Å². The largest absolute Gasteiger partial charge is 0.385 e. The normalized spacial score (nSPS) is 11.9. The molecular formula is C14H12N2OS3. The van der Waals surface area contributed by atoms with Crippen LogP contribution in [-0.4, -0.2) is 15.1 Å². The van der Waals surface area contributed by atoms with E-state index in [1.165, 1.54) is 22.7 Å². The van der Waals surface area contributed by atoms with E-state index in [9.17, 15) is 5.11 Å². The highest BCUT2D eigenvalue weighted by molar-refractivity contribution is 7.76. The quantitative estimate of drug-likeness (QED) is 0.712. The van der Waals surface area contributed by atoms with Crippen molar-refractivity contribution in [1.29, 1.82) is 0 Å². The summed E-state index contributed by atoms with van der Waals surface area (Å²) in [7, 11) is 0. The minimum Gasteiger partial charge on any atom is -0.385 e. The predicted octanol–water partition coefficient (Wildman–Crippen LogP) is 4.38. The third kappa shape index (κ3) is 2.52. The smallest absolute Gasteiger partial charge is 0.144 e. The third-order valence-electron chi connectivity index (χ3n) is 2.81. The molecule has 0 saturated carbocycles. The highest BCUT2D eigenvalue weighted by Gasteiger charge is 2.25. The number of fused-ring (bicyclic) bond motifs is 1. The van der Waals surface area contributed by atoms with Crippen LogP contribution in [0.15, 0.2) is 30.5 Å². The van der Waals surface area contributed by atoms with Crippen molar-refractivity contribution in [3.05, 3.63) is 38.5 Å². The highest BCUT2D eigenvalue weighted by Crippen LogP contribution is 2.40. The number of hydrogen-bond acceptors (Lipinski definition) is 6. The summed E-state index contributed by atoms with van der Waals surface area (Å²) >= 11 is 8.17. The van der Waals surface area contributed by atoms with E-state index < -0.39 is 5.60 Å². The van der Waals surface area contributed by atoms with Gasteiger partial charge >= 0.3 is 0 Å². The maximum Gasteiger partial charge on any atom is 0.144 e. The van der Waals surface area contributed by atoms with E-state index in [0.29, 0.717) is 0 Å². The minimum atomic E-state index is -0.930. The average molecular weight is 320 g/mol. The fourth-order valence-electron chi connectivity index (χ4n) is 1.92. The second-order valence-electron chi connectivity index (χ2n) is 4.92. The van der Waals surface area contributed by atoms with Crippen LogP contribution < -0.4 is 0 Å². The zero-order valence-electron chi connectivity index (χ0n) is 11.0. The molecule has 1 aromatic carbocycles. The summed E-state index contributed by atoms with van der Waals surface area (Å²) in [6.45, 7) is 3.52. The Morgan fingerprint density at radius 1 is 1.15 bits per heavy atom. The van der Waals surface area contributed by atoms with E-state index >= 15 is 0 Å². The summed E-state index contributed by atoms with van der Waals surface area (Å²) in [5.41, 5.74) is 1.54. The van der Waals surface area contributed by atoms with Crippen molar-refractivity contribution >= 4 is 45.9 Å². The third-order valence-corrected chi connectivity index (χ3v) is 5.80. The molecule has 1 N–H and O–H groups in total. The number of aromatic nitrogens is 2. The van der Waals surface area contributed by atoms with Crippen LogP contribution in [0.3, 0.4) is 0 Å². The van der Waals surface area contributed by atoms with Crippen molar-refractivity contribution in [3.63, 3.8) is 0 Å². The Labute approximate surface area is 129 Å². The molecule has 3 aromatic rings. The Morgan fingerprint density at radius 3 is 2.55 bits per heavy atom. The summed E-state index contributed by atoms with van der Waals surface area (Å²) < 4.78 is 0.784. The number of hydrogen-bond donors (Lipinski definition) is 1. The zero-order valence-corrected chi connectivity index (χ0v) is 13.4. The van der Waals surface area contributed by atoms with Crippen LogP contribution in [0, 0.1) is 3.14 Å². The predicted molar refractivity (Wildman–Crippen MR) is 86.8 cm³/mol. The van der Waals surface area contributed by atoms with Gasteiger partial charge in [-0.25, -0.2) is 4.98 Å². The molecule has 102 valence electrons. The number of nitrogens with zero attached hydrogens (tertiary/aromatic N) is 2. The second-order valence-corrected chi connectivity index (χ2v) is 8.14. The van der Waals surface area contributed by atoms with Gasteiger partial charge < -0.3 is 5.11 Å². The van der Waals surface area contributed by atoms with Crippen molar-refractivity contribution < 1.29 is 5.11 Å². The van der Waals surface area contributed by atoms with Gasteiger partial charge in [0.15, 0.2) is 0 Å². The van der Waals surface area contributed by atoms with Crippen molar-refractivity contribution in [2.75, 3.05) is 0 Å². The summed E-state index contributed by atoms with van der Waals surface area (Å²) in [4.78, 5) is 10.8. The molecule has 0 aliphatic carbocycles. The second kappa shape index (κ2) is 4.96. The molecule has 2 heterocycles. The van der Waals surface area contributed by atoms with Gasteiger partial charge in [-0.15, -0.1) is 22.7 Å². The van der Waals surface area contributed by atoms with Gasteiger partial charge in [0.2, 0.25) is 0 Å². The van der Waals surface area contributed by atoms with Gasteiger partial charge in [-0.1, -0.05) is 24.4 Å². The Bertz CT molecular complexity index is 830. The Balaban J connectivity index is 2.23. The first-order valence-electron chi connectivity index (χ1n) is 6.04. The Kier molecular flexibility index (Phi) is 3.41. The molecule has 0 radical (unpaired) electrons. The standard InChI is InChI=1S/C14H12N2OS3/c1-14(2,17)12-11(19-13(18)20-12)10-7-15-8-5-3-4-6-9(8)16-10/h3-7,17H,1-2H3. The number of para-hydroxylation sites is 2. The van der Waals surface area contributed by atoms with Gasteiger partial charge in [-0.05, 0) is 26.0 Å². The monoisotopic (exact) mass is 320 g/mol. The van der Waals surface area contributed by atoms with E-state index in [2.05, 4.69) is 9.97 Å². The number of aliphatic hydroxyl groups is 1. The molecule has 0 saturated heterocycles. The lowest BCUT2D eigenvalue weighted by Crippen LogP contribution is -2.14. The van der Waals surface area contributed by atoms with Crippen molar-refractivity contribution in [2.24, 2.45) is 0 Å². The van der Waals surface area contributed by atoms with Crippen molar-refractivity contribution in [2.45, 2.75) is 19.4 Å². The number of rotatable bonds is 2. The molecule has 6 heteroatoms. The highest BCUT2D eigenvalue weighted by atomic mass is 32.2. The molecule has 0 aliphatic heterocycles.